The van der Waals surface area contributed by atoms with Crippen LogP contribution in [0.5, 0.6) is 0 Å². The molecule has 1 aromatic rings. The van der Waals surface area contributed by atoms with Gasteiger partial charge in [0.05, 0.1) is 11.6 Å². The summed E-state index contributed by atoms with van der Waals surface area (Å²) in [6.07, 6.45) is 2.24. The summed E-state index contributed by atoms with van der Waals surface area (Å²) in [5.74, 6) is -0.445. The van der Waals surface area contributed by atoms with Crippen molar-refractivity contribution in [3.8, 4) is 0 Å². The van der Waals surface area contributed by atoms with Crippen LogP contribution in [-0.2, 0) is 16.0 Å². The van der Waals surface area contributed by atoms with E-state index in [9.17, 15) is 14.4 Å². The second-order valence-electron chi connectivity index (χ2n) is 6.79. The highest BCUT2D eigenvalue weighted by Gasteiger charge is 2.43. The Kier molecular flexibility index (Phi) is 5.03. The van der Waals surface area contributed by atoms with Crippen LogP contribution in [0.2, 0.25) is 0 Å². The quantitative estimate of drug-likeness (QED) is 0.763. The average molecular weight is 365 g/mol. The first kappa shape index (κ1) is 17.8. The second-order valence-corrected chi connectivity index (χ2v) is 7.55. The molecule has 0 unspecified atom stereocenters. The summed E-state index contributed by atoms with van der Waals surface area (Å²) >= 11 is 1.11. The number of fused-ring (bicyclic) bond motifs is 4. The maximum atomic E-state index is 12.9. The van der Waals surface area contributed by atoms with Gasteiger partial charge in [0.2, 0.25) is 11.8 Å². The minimum atomic E-state index is -0.233. The smallest absolute Gasteiger partial charge is 0.267 e. The van der Waals surface area contributed by atoms with Crippen molar-refractivity contribution in [2.75, 3.05) is 33.7 Å². The van der Waals surface area contributed by atoms with Crippen molar-refractivity contribution in [2.45, 2.75) is 32.2 Å². The zero-order valence-corrected chi connectivity index (χ0v) is 15.6. The van der Waals surface area contributed by atoms with E-state index in [1.54, 1.807) is 23.9 Å². The summed E-state index contributed by atoms with van der Waals surface area (Å²) in [6, 6.07) is -0.106. The molecule has 3 aliphatic heterocycles. The number of aryl methyl sites for hydroxylation is 1. The van der Waals surface area contributed by atoms with Crippen molar-refractivity contribution in [3.05, 3.63) is 10.6 Å². The fraction of sp³-hybridized carbons (Fsp3) is 0.688. The van der Waals surface area contributed by atoms with E-state index in [1.807, 2.05) is 6.92 Å². The molecule has 3 aliphatic rings. The van der Waals surface area contributed by atoms with E-state index < -0.39 is 0 Å². The predicted octanol–water partition coefficient (Wildman–Crippen LogP) is 0.252. The van der Waals surface area contributed by atoms with Crippen molar-refractivity contribution >= 4 is 29.3 Å². The van der Waals surface area contributed by atoms with Gasteiger partial charge in [-0.3, -0.25) is 14.4 Å². The van der Waals surface area contributed by atoms with E-state index >= 15 is 0 Å². The number of piperidine rings is 1. The van der Waals surface area contributed by atoms with Crippen LogP contribution in [0, 0.1) is 5.92 Å². The van der Waals surface area contributed by atoms with Gasteiger partial charge >= 0.3 is 0 Å². The molecule has 3 amide bonds. The number of hydrogen-bond acceptors (Lipinski definition) is 6. The Morgan fingerprint density at radius 1 is 1.28 bits per heavy atom. The van der Waals surface area contributed by atoms with Gasteiger partial charge in [0.25, 0.3) is 5.91 Å². The first-order valence-corrected chi connectivity index (χ1v) is 9.30. The predicted molar refractivity (Wildman–Crippen MR) is 92.1 cm³/mol. The van der Waals surface area contributed by atoms with E-state index in [2.05, 4.69) is 9.59 Å². The van der Waals surface area contributed by atoms with Crippen LogP contribution in [0.25, 0.3) is 0 Å². The molecule has 0 saturated carbocycles. The topological polar surface area (TPSA) is 86.7 Å². The molecule has 136 valence electrons. The van der Waals surface area contributed by atoms with Crippen molar-refractivity contribution in [2.24, 2.45) is 5.92 Å². The highest BCUT2D eigenvalue weighted by Crippen LogP contribution is 2.30. The van der Waals surface area contributed by atoms with Crippen LogP contribution in [0.15, 0.2) is 0 Å². The Bertz CT molecular complexity index is 689. The van der Waals surface area contributed by atoms with Crippen molar-refractivity contribution < 1.29 is 14.4 Å². The standard InChI is InChI=1S/C16H23N5O3S/c1-4-12-14(25-18-17-12)16(24)20-7-10-5-6-11(8-20)21(15(10)23)9-13(22)19(2)3/h10-11H,4-9H2,1-3H3/t10-,11+/m1/s1. The number of amides is 3. The molecule has 0 aliphatic carbocycles. The highest BCUT2D eigenvalue weighted by atomic mass is 32.1. The molecule has 0 spiro atoms. The molecular weight excluding hydrogens is 342 g/mol. The minimum Gasteiger partial charge on any atom is -0.347 e. The molecule has 3 saturated heterocycles. The van der Waals surface area contributed by atoms with Gasteiger partial charge in [0, 0.05) is 33.2 Å². The second kappa shape index (κ2) is 7.07. The number of likely N-dealkylation sites (N-methyl/N-ethyl adjacent to an activating group) is 1. The van der Waals surface area contributed by atoms with Crippen LogP contribution in [0.1, 0.15) is 35.1 Å². The highest BCUT2D eigenvalue weighted by molar-refractivity contribution is 7.08. The third-order valence-electron chi connectivity index (χ3n) is 4.97. The van der Waals surface area contributed by atoms with E-state index in [1.165, 1.54) is 4.90 Å². The Labute approximate surface area is 150 Å². The largest absolute Gasteiger partial charge is 0.347 e. The Morgan fingerprint density at radius 3 is 2.72 bits per heavy atom. The zero-order valence-electron chi connectivity index (χ0n) is 14.8. The van der Waals surface area contributed by atoms with Crippen LogP contribution in [-0.4, -0.2) is 81.8 Å². The third kappa shape index (κ3) is 3.37. The van der Waals surface area contributed by atoms with Crippen LogP contribution in [0.3, 0.4) is 0 Å². The lowest BCUT2D eigenvalue weighted by molar-refractivity contribution is -0.145. The number of rotatable bonds is 4. The lowest BCUT2D eigenvalue weighted by atomic mass is 9.94. The first-order valence-electron chi connectivity index (χ1n) is 8.53. The lowest BCUT2D eigenvalue weighted by Crippen LogP contribution is -2.51. The van der Waals surface area contributed by atoms with E-state index in [0.29, 0.717) is 30.1 Å². The summed E-state index contributed by atoms with van der Waals surface area (Å²) < 4.78 is 3.89. The van der Waals surface area contributed by atoms with Crippen molar-refractivity contribution in [3.63, 3.8) is 0 Å². The Balaban J connectivity index is 1.80. The molecular formula is C16H23N5O3S. The number of carbonyl (C=O) groups excluding carboxylic acids is 3. The summed E-state index contributed by atoms with van der Waals surface area (Å²) in [6.45, 7) is 2.89. The lowest BCUT2D eigenvalue weighted by Gasteiger charge is -2.35. The summed E-state index contributed by atoms with van der Waals surface area (Å²) in [4.78, 5) is 43.2. The molecule has 2 atom stereocenters. The number of hydrogen-bond donors (Lipinski definition) is 0. The van der Waals surface area contributed by atoms with Gasteiger partial charge in [-0.1, -0.05) is 11.4 Å². The molecule has 4 heterocycles. The molecule has 3 fully saturated rings. The molecule has 0 N–H and O–H groups in total. The van der Waals surface area contributed by atoms with E-state index in [0.717, 1.165) is 24.4 Å². The number of nitrogens with zero attached hydrogens (tertiary/aromatic N) is 5. The van der Waals surface area contributed by atoms with Gasteiger partial charge < -0.3 is 14.7 Å². The van der Waals surface area contributed by atoms with E-state index in [-0.39, 0.29) is 36.2 Å². The fourth-order valence-corrected chi connectivity index (χ4v) is 4.17. The Hall–Kier alpha value is -2.03. The summed E-state index contributed by atoms with van der Waals surface area (Å²) in [7, 11) is 3.36. The normalized spacial score (nSPS) is 22.9. The van der Waals surface area contributed by atoms with Crippen molar-refractivity contribution in [1.29, 1.82) is 0 Å². The maximum absolute atomic E-state index is 12.9. The van der Waals surface area contributed by atoms with Gasteiger partial charge in [-0.2, -0.15) is 0 Å². The maximum Gasteiger partial charge on any atom is 0.267 e. The van der Waals surface area contributed by atoms with Crippen LogP contribution < -0.4 is 0 Å². The van der Waals surface area contributed by atoms with Crippen molar-refractivity contribution in [1.82, 2.24) is 24.3 Å². The number of carbonyl (C=O) groups is 3. The van der Waals surface area contributed by atoms with Crippen LogP contribution in [0.4, 0.5) is 0 Å². The zero-order chi connectivity index (χ0) is 18.1. The van der Waals surface area contributed by atoms with Gasteiger partial charge in [-0.25, -0.2) is 0 Å². The van der Waals surface area contributed by atoms with Gasteiger partial charge in [0.15, 0.2) is 0 Å². The molecule has 8 nitrogen and oxygen atoms in total. The summed E-state index contributed by atoms with van der Waals surface area (Å²) in [5, 5.41) is 4.01. The van der Waals surface area contributed by atoms with E-state index in [4.69, 9.17) is 0 Å². The SMILES string of the molecule is CCc1nnsc1C(=O)N1C[C@H]2CC[C@@H](C1)N(CC(=O)N(C)C)C2=O. The molecule has 0 radical (unpaired) electrons. The molecule has 4 rings (SSSR count). The molecule has 1 aromatic heterocycles. The van der Waals surface area contributed by atoms with Gasteiger partial charge in [0.1, 0.15) is 11.4 Å². The first-order chi connectivity index (χ1) is 11.9. The molecule has 0 aromatic carbocycles. The van der Waals surface area contributed by atoms with Gasteiger partial charge in [-0.15, -0.1) is 5.10 Å². The molecule has 25 heavy (non-hydrogen) atoms. The summed E-state index contributed by atoms with van der Waals surface area (Å²) in [5.41, 5.74) is 0.706. The number of aromatic nitrogens is 2. The average Bonchev–Trinajstić information content (AvgIpc) is 2.91. The third-order valence-corrected chi connectivity index (χ3v) is 5.73. The minimum absolute atomic E-state index is 0.0140. The fourth-order valence-electron chi connectivity index (χ4n) is 3.45. The molecule has 9 heteroatoms. The monoisotopic (exact) mass is 365 g/mol. The van der Waals surface area contributed by atoms with Gasteiger partial charge in [-0.05, 0) is 30.8 Å². The Morgan fingerprint density at radius 2 is 2.04 bits per heavy atom. The van der Waals surface area contributed by atoms with Crippen LogP contribution >= 0.6 is 11.5 Å². The molecule has 2 bridgehead atoms.